The molecule has 0 atom stereocenters. The number of ether oxygens (including phenoxy) is 2. The predicted molar refractivity (Wildman–Crippen MR) is 128 cm³/mol. The van der Waals surface area contributed by atoms with E-state index < -0.39 is 0 Å². The Labute approximate surface area is 191 Å². The fraction of sp³-hybridized carbons (Fsp3) is 0.148. The molecular weight excluding hydrogens is 421 g/mol. The molecule has 0 aliphatic rings. The van der Waals surface area contributed by atoms with Gasteiger partial charge in [-0.25, -0.2) is 4.39 Å². The van der Waals surface area contributed by atoms with Gasteiger partial charge in [-0.1, -0.05) is 24.3 Å². The number of aryl methyl sites for hydroxylation is 1. The zero-order valence-corrected chi connectivity index (χ0v) is 18.9. The molecular formula is C27H24FNO4. The molecule has 0 saturated heterocycles. The quantitative estimate of drug-likeness (QED) is 0.339. The number of amides is 1. The third-order valence-electron chi connectivity index (χ3n) is 5.50. The second kappa shape index (κ2) is 9.20. The number of fused-ring (bicyclic) bond motifs is 1. The van der Waals surface area contributed by atoms with E-state index in [1.54, 1.807) is 45.6 Å². The summed E-state index contributed by atoms with van der Waals surface area (Å²) < 4.78 is 30.7. The number of benzene rings is 3. The second-order valence-electron chi connectivity index (χ2n) is 7.68. The summed E-state index contributed by atoms with van der Waals surface area (Å²) in [7, 11) is 3.19. The minimum atomic E-state index is -0.371. The average molecular weight is 445 g/mol. The molecule has 0 aliphatic heterocycles. The number of allylic oxidation sites excluding steroid dienone is 1. The summed E-state index contributed by atoms with van der Waals surface area (Å²) in [6.45, 7) is 3.49. The van der Waals surface area contributed by atoms with Crippen LogP contribution in [0.2, 0.25) is 0 Å². The Morgan fingerprint density at radius 2 is 1.76 bits per heavy atom. The Balaban J connectivity index is 1.72. The van der Waals surface area contributed by atoms with E-state index in [9.17, 15) is 9.18 Å². The lowest BCUT2D eigenvalue weighted by atomic mass is 9.98. The molecule has 0 fully saturated rings. The highest BCUT2D eigenvalue weighted by Crippen LogP contribution is 2.40. The van der Waals surface area contributed by atoms with Crippen molar-refractivity contribution in [3.8, 4) is 22.6 Å². The molecule has 1 heterocycles. The average Bonchev–Trinajstić information content (AvgIpc) is 3.23. The third-order valence-corrected chi connectivity index (χ3v) is 5.50. The number of carbonyl (C=O) groups excluding carboxylic acids is 1. The number of methoxy groups -OCH3 is 2. The number of halogens is 1. The van der Waals surface area contributed by atoms with Crippen LogP contribution in [0.3, 0.4) is 0 Å². The van der Waals surface area contributed by atoms with Crippen molar-refractivity contribution < 1.29 is 23.1 Å². The number of anilines is 1. The fourth-order valence-corrected chi connectivity index (χ4v) is 3.73. The van der Waals surface area contributed by atoms with E-state index in [2.05, 4.69) is 5.32 Å². The van der Waals surface area contributed by atoms with Crippen LogP contribution in [0.25, 0.3) is 27.7 Å². The topological polar surface area (TPSA) is 60.7 Å². The lowest BCUT2D eigenvalue weighted by molar-refractivity contribution is -0.111. The van der Waals surface area contributed by atoms with Crippen molar-refractivity contribution in [1.29, 1.82) is 0 Å². The van der Waals surface area contributed by atoms with Gasteiger partial charge in [-0.15, -0.1) is 0 Å². The van der Waals surface area contributed by atoms with Crippen molar-refractivity contribution in [2.75, 3.05) is 19.5 Å². The van der Waals surface area contributed by atoms with Crippen LogP contribution < -0.4 is 14.8 Å². The second-order valence-corrected chi connectivity index (χ2v) is 7.68. The smallest absolute Gasteiger partial charge is 0.248 e. The first-order chi connectivity index (χ1) is 15.9. The SMILES string of the molecule is COc1cc2occ(-c3ccccc3OC)c2cc1/C(C)=C/C(=O)Nc1ccc(C)c(F)c1. The summed E-state index contributed by atoms with van der Waals surface area (Å²) in [6.07, 6.45) is 3.15. The van der Waals surface area contributed by atoms with Crippen molar-refractivity contribution in [1.82, 2.24) is 0 Å². The van der Waals surface area contributed by atoms with Gasteiger partial charge in [0.05, 0.1) is 20.5 Å². The molecule has 1 amide bonds. The van der Waals surface area contributed by atoms with Crippen molar-refractivity contribution in [3.05, 3.63) is 83.9 Å². The molecule has 168 valence electrons. The Morgan fingerprint density at radius 1 is 1.00 bits per heavy atom. The van der Waals surface area contributed by atoms with E-state index in [1.165, 1.54) is 12.1 Å². The van der Waals surface area contributed by atoms with Gasteiger partial charge >= 0.3 is 0 Å². The molecule has 0 spiro atoms. The highest BCUT2D eigenvalue weighted by Gasteiger charge is 2.17. The van der Waals surface area contributed by atoms with Gasteiger partial charge in [0.25, 0.3) is 0 Å². The maximum Gasteiger partial charge on any atom is 0.248 e. The van der Waals surface area contributed by atoms with Crippen LogP contribution in [-0.4, -0.2) is 20.1 Å². The molecule has 6 heteroatoms. The summed E-state index contributed by atoms with van der Waals surface area (Å²) in [5.41, 5.74) is 4.77. The molecule has 0 aliphatic carbocycles. The van der Waals surface area contributed by atoms with Crippen molar-refractivity contribution in [3.63, 3.8) is 0 Å². The molecule has 3 aromatic carbocycles. The summed E-state index contributed by atoms with van der Waals surface area (Å²) in [4.78, 5) is 12.6. The summed E-state index contributed by atoms with van der Waals surface area (Å²) >= 11 is 0. The standard InChI is InChI=1S/C27H24FNO4/c1-16-9-10-18(12-23(16)28)29-27(30)11-17(2)20-13-21-22(15-33-26(21)14-25(20)32-4)19-7-5-6-8-24(19)31-3/h5-15H,1-4H3,(H,29,30)/b17-11+. The van der Waals surface area contributed by atoms with Gasteiger partial charge in [-0.2, -0.15) is 0 Å². The van der Waals surface area contributed by atoms with Gasteiger partial charge in [0.1, 0.15) is 22.9 Å². The summed E-state index contributed by atoms with van der Waals surface area (Å²) in [5, 5.41) is 3.57. The van der Waals surface area contributed by atoms with Gasteiger partial charge < -0.3 is 19.2 Å². The van der Waals surface area contributed by atoms with E-state index in [1.807, 2.05) is 37.3 Å². The molecule has 0 unspecified atom stereocenters. The molecule has 4 aromatic rings. The Kier molecular flexibility index (Phi) is 6.18. The van der Waals surface area contributed by atoms with Crippen LogP contribution in [-0.2, 0) is 4.79 Å². The van der Waals surface area contributed by atoms with Gasteiger partial charge in [0.2, 0.25) is 5.91 Å². The van der Waals surface area contributed by atoms with Crippen molar-refractivity contribution in [2.45, 2.75) is 13.8 Å². The number of para-hydroxylation sites is 1. The molecule has 4 rings (SSSR count). The van der Waals surface area contributed by atoms with Gasteiger partial charge in [0.15, 0.2) is 0 Å². The Bertz CT molecular complexity index is 1370. The molecule has 1 N–H and O–H groups in total. The predicted octanol–water partition coefficient (Wildman–Crippen LogP) is 6.61. The zero-order valence-electron chi connectivity index (χ0n) is 18.9. The Hall–Kier alpha value is -4.06. The van der Waals surface area contributed by atoms with Crippen LogP contribution in [0.4, 0.5) is 10.1 Å². The van der Waals surface area contributed by atoms with E-state index in [0.29, 0.717) is 28.2 Å². The first-order valence-corrected chi connectivity index (χ1v) is 10.4. The molecule has 33 heavy (non-hydrogen) atoms. The van der Waals surface area contributed by atoms with Crippen LogP contribution in [0.1, 0.15) is 18.1 Å². The Morgan fingerprint density at radius 3 is 2.48 bits per heavy atom. The maximum atomic E-state index is 13.8. The first kappa shape index (κ1) is 22.1. The molecule has 0 radical (unpaired) electrons. The molecule has 0 bridgehead atoms. The monoisotopic (exact) mass is 445 g/mol. The maximum absolute atomic E-state index is 13.8. The zero-order chi connectivity index (χ0) is 23.5. The lowest BCUT2D eigenvalue weighted by Crippen LogP contribution is -2.09. The fourth-order valence-electron chi connectivity index (χ4n) is 3.73. The van der Waals surface area contributed by atoms with Crippen molar-refractivity contribution in [2.24, 2.45) is 0 Å². The summed E-state index contributed by atoms with van der Waals surface area (Å²) in [5.74, 6) is 0.570. The van der Waals surface area contributed by atoms with E-state index in [-0.39, 0.29) is 11.7 Å². The summed E-state index contributed by atoms with van der Waals surface area (Å²) in [6, 6.07) is 16.0. The van der Waals surface area contributed by atoms with Gasteiger partial charge in [-0.05, 0) is 49.2 Å². The number of carbonyl (C=O) groups is 1. The number of hydrogen-bond acceptors (Lipinski definition) is 4. The van der Waals surface area contributed by atoms with E-state index >= 15 is 0 Å². The van der Waals surface area contributed by atoms with Gasteiger partial charge in [-0.3, -0.25) is 4.79 Å². The highest BCUT2D eigenvalue weighted by molar-refractivity contribution is 6.05. The minimum Gasteiger partial charge on any atom is -0.496 e. The number of rotatable bonds is 6. The third kappa shape index (κ3) is 4.46. The molecule has 1 aromatic heterocycles. The van der Waals surface area contributed by atoms with Gasteiger partial charge in [0, 0.05) is 39.9 Å². The number of hydrogen-bond donors (Lipinski definition) is 1. The highest BCUT2D eigenvalue weighted by atomic mass is 19.1. The van der Waals surface area contributed by atoms with Crippen LogP contribution in [0, 0.1) is 12.7 Å². The number of furan rings is 1. The van der Waals surface area contributed by atoms with E-state index in [4.69, 9.17) is 13.9 Å². The molecule has 5 nitrogen and oxygen atoms in total. The lowest BCUT2D eigenvalue weighted by Gasteiger charge is -2.11. The first-order valence-electron chi connectivity index (χ1n) is 10.4. The number of nitrogens with one attached hydrogen (secondary N) is 1. The van der Waals surface area contributed by atoms with Crippen LogP contribution >= 0.6 is 0 Å². The minimum absolute atomic E-state index is 0.366. The van der Waals surface area contributed by atoms with Crippen LogP contribution in [0.15, 0.2) is 71.4 Å². The van der Waals surface area contributed by atoms with E-state index in [0.717, 1.165) is 27.8 Å². The normalized spacial score (nSPS) is 11.5. The largest absolute Gasteiger partial charge is 0.496 e. The molecule has 0 saturated carbocycles. The van der Waals surface area contributed by atoms with Crippen molar-refractivity contribution >= 4 is 28.1 Å². The van der Waals surface area contributed by atoms with Crippen LogP contribution in [0.5, 0.6) is 11.5 Å².